The van der Waals surface area contributed by atoms with E-state index in [0.29, 0.717) is 35.1 Å². The van der Waals surface area contributed by atoms with Crippen LogP contribution in [-0.4, -0.2) is 37.5 Å². The van der Waals surface area contributed by atoms with Crippen molar-refractivity contribution >= 4 is 22.6 Å². The SMILES string of the molecule is COC(=O)C1CN(c2cccc(-c3cc(OC(F)(F)F)cc4cccnc34)c2)C1. The highest BCUT2D eigenvalue weighted by atomic mass is 19.4. The van der Waals surface area contributed by atoms with Crippen LogP contribution in [0.1, 0.15) is 0 Å². The first-order valence-electron chi connectivity index (χ1n) is 8.92. The second-order valence-electron chi connectivity index (χ2n) is 6.77. The van der Waals surface area contributed by atoms with Gasteiger partial charge < -0.3 is 14.4 Å². The molecule has 0 atom stereocenters. The van der Waals surface area contributed by atoms with Gasteiger partial charge in [-0.1, -0.05) is 18.2 Å². The number of rotatable bonds is 4. The summed E-state index contributed by atoms with van der Waals surface area (Å²) in [6.45, 7) is 1.07. The predicted octanol–water partition coefficient (Wildman–Crippen LogP) is 4.41. The molecular formula is C21H17F3N2O3. The zero-order valence-electron chi connectivity index (χ0n) is 15.4. The van der Waals surface area contributed by atoms with Gasteiger partial charge in [-0.25, -0.2) is 0 Å². The third-order valence-corrected chi connectivity index (χ3v) is 4.85. The molecule has 1 fully saturated rings. The van der Waals surface area contributed by atoms with Crippen molar-refractivity contribution in [3.05, 3.63) is 54.7 Å². The molecule has 1 aliphatic rings. The molecule has 5 nitrogen and oxygen atoms in total. The average Bonchev–Trinajstić information content (AvgIpc) is 2.65. The summed E-state index contributed by atoms with van der Waals surface area (Å²) in [5.41, 5.74) is 2.69. The summed E-state index contributed by atoms with van der Waals surface area (Å²) >= 11 is 0. The van der Waals surface area contributed by atoms with Gasteiger partial charge in [-0.15, -0.1) is 13.2 Å². The number of halogens is 3. The zero-order chi connectivity index (χ0) is 20.6. The van der Waals surface area contributed by atoms with Gasteiger partial charge in [0.2, 0.25) is 0 Å². The molecule has 1 aliphatic heterocycles. The number of carbonyl (C=O) groups excluding carboxylic acids is 1. The van der Waals surface area contributed by atoms with Crippen LogP contribution in [0.3, 0.4) is 0 Å². The Morgan fingerprint density at radius 2 is 1.93 bits per heavy atom. The molecule has 0 bridgehead atoms. The molecule has 1 saturated heterocycles. The number of aromatic nitrogens is 1. The van der Waals surface area contributed by atoms with Crippen LogP contribution in [0.5, 0.6) is 5.75 Å². The molecule has 1 aromatic heterocycles. The molecule has 0 N–H and O–H groups in total. The summed E-state index contributed by atoms with van der Waals surface area (Å²) < 4.78 is 47.1. The molecule has 29 heavy (non-hydrogen) atoms. The van der Waals surface area contributed by atoms with Crippen LogP contribution in [0, 0.1) is 5.92 Å². The van der Waals surface area contributed by atoms with Gasteiger partial charge in [0.15, 0.2) is 0 Å². The van der Waals surface area contributed by atoms with Gasteiger partial charge in [-0.2, -0.15) is 0 Å². The summed E-state index contributed by atoms with van der Waals surface area (Å²) in [5, 5.41) is 0.546. The van der Waals surface area contributed by atoms with E-state index >= 15 is 0 Å². The lowest BCUT2D eigenvalue weighted by molar-refractivity contribution is -0.274. The van der Waals surface area contributed by atoms with Crippen molar-refractivity contribution < 1.29 is 27.4 Å². The maximum Gasteiger partial charge on any atom is 0.573 e. The van der Waals surface area contributed by atoms with E-state index in [1.54, 1.807) is 18.3 Å². The van der Waals surface area contributed by atoms with Crippen LogP contribution in [0.4, 0.5) is 18.9 Å². The topological polar surface area (TPSA) is 51.7 Å². The van der Waals surface area contributed by atoms with Crippen molar-refractivity contribution in [1.29, 1.82) is 0 Å². The number of benzene rings is 2. The van der Waals surface area contributed by atoms with E-state index in [1.165, 1.54) is 19.2 Å². The molecule has 150 valence electrons. The fraction of sp³-hybridized carbons (Fsp3) is 0.238. The first kappa shape index (κ1) is 19.0. The third-order valence-electron chi connectivity index (χ3n) is 4.85. The Morgan fingerprint density at radius 1 is 1.14 bits per heavy atom. The fourth-order valence-corrected chi connectivity index (χ4v) is 3.45. The number of ether oxygens (including phenoxy) is 2. The minimum Gasteiger partial charge on any atom is -0.469 e. The normalized spacial score (nSPS) is 14.6. The standard InChI is InChI=1S/C21H17F3N2O3/c1-28-20(27)15-11-26(12-15)16-6-2-4-13(8-16)18-10-17(29-21(22,23)24)9-14-5-3-7-25-19(14)18/h2-10,15H,11-12H2,1H3. The van der Waals surface area contributed by atoms with Crippen molar-refractivity contribution in [3.63, 3.8) is 0 Å². The Balaban J connectivity index is 1.70. The van der Waals surface area contributed by atoms with Crippen LogP contribution >= 0.6 is 0 Å². The molecule has 0 saturated carbocycles. The number of carbonyl (C=O) groups is 1. The Bertz CT molecular complexity index is 1060. The van der Waals surface area contributed by atoms with Crippen molar-refractivity contribution in [2.45, 2.75) is 6.36 Å². The number of pyridine rings is 1. The Kier molecular flexibility index (Phi) is 4.77. The predicted molar refractivity (Wildman–Crippen MR) is 102 cm³/mol. The molecule has 3 aromatic rings. The maximum absolute atomic E-state index is 12.7. The summed E-state index contributed by atoms with van der Waals surface area (Å²) in [4.78, 5) is 17.9. The number of fused-ring (bicyclic) bond motifs is 1. The smallest absolute Gasteiger partial charge is 0.469 e. The summed E-state index contributed by atoms with van der Waals surface area (Å²) in [6, 6.07) is 13.4. The minimum absolute atomic E-state index is 0.172. The van der Waals surface area contributed by atoms with Crippen LogP contribution < -0.4 is 9.64 Å². The van der Waals surface area contributed by atoms with Gasteiger partial charge in [0.05, 0.1) is 18.5 Å². The molecule has 2 heterocycles. The van der Waals surface area contributed by atoms with Crippen LogP contribution in [0.25, 0.3) is 22.0 Å². The van der Waals surface area contributed by atoms with Crippen LogP contribution in [0.2, 0.25) is 0 Å². The Morgan fingerprint density at radius 3 is 2.66 bits per heavy atom. The number of hydrogen-bond donors (Lipinski definition) is 0. The lowest BCUT2D eigenvalue weighted by Gasteiger charge is -2.39. The average molecular weight is 402 g/mol. The summed E-state index contributed by atoms with van der Waals surface area (Å²) in [7, 11) is 1.36. The molecular weight excluding hydrogens is 385 g/mol. The van der Waals surface area contributed by atoms with E-state index in [4.69, 9.17) is 4.74 Å². The number of nitrogens with zero attached hydrogens (tertiary/aromatic N) is 2. The van der Waals surface area contributed by atoms with Crippen LogP contribution in [-0.2, 0) is 9.53 Å². The molecule has 0 spiro atoms. The Hall–Kier alpha value is -3.29. The summed E-state index contributed by atoms with van der Waals surface area (Å²) in [5.74, 6) is -0.715. The lowest BCUT2D eigenvalue weighted by atomic mass is 9.97. The zero-order valence-corrected chi connectivity index (χ0v) is 15.4. The number of alkyl halides is 3. The molecule has 0 amide bonds. The van der Waals surface area contributed by atoms with Crippen molar-refractivity contribution in [2.75, 3.05) is 25.1 Å². The third kappa shape index (κ3) is 3.96. The molecule has 0 radical (unpaired) electrons. The second kappa shape index (κ2) is 7.27. The molecule has 0 aliphatic carbocycles. The van der Waals surface area contributed by atoms with Gasteiger partial charge in [0.1, 0.15) is 5.75 Å². The van der Waals surface area contributed by atoms with E-state index in [0.717, 1.165) is 5.69 Å². The van der Waals surface area contributed by atoms with Crippen molar-refractivity contribution in [3.8, 4) is 16.9 Å². The van der Waals surface area contributed by atoms with E-state index in [1.807, 2.05) is 29.2 Å². The van der Waals surface area contributed by atoms with E-state index in [9.17, 15) is 18.0 Å². The number of hydrogen-bond acceptors (Lipinski definition) is 5. The van der Waals surface area contributed by atoms with E-state index in [-0.39, 0.29) is 17.6 Å². The number of esters is 1. The summed E-state index contributed by atoms with van der Waals surface area (Å²) in [6.07, 6.45) is -3.19. The van der Waals surface area contributed by atoms with Gasteiger partial charge >= 0.3 is 12.3 Å². The van der Waals surface area contributed by atoms with E-state index in [2.05, 4.69) is 9.72 Å². The van der Waals surface area contributed by atoms with Crippen molar-refractivity contribution in [1.82, 2.24) is 4.98 Å². The van der Waals surface area contributed by atoms with Crippen LogP contribution in [0.15, 0.2) is 54.7 Å². The Labute approximate surface area is 164 Å². The highest BCUT2D eigenvalue weighted by Crippen LogP contribution is 2.36. The van der Waals surface area contributed by atoms with Gasteiger partial charge in [-0.3, -0.25) is 9.78 Å². The highest BCUT2D eigenvalue weighted by Gasteiger charge is 2.34. The highest BCUT2D eigenvalue weighted by molar-refractivity contribution is 5.95. The van der Waals surface area contributed by atoms with Crippen molar-refractivity contribution in [2.24, 2.45) is 5.92 Å². The molecule has 4 rings (SSSR count). The lowest BCUT2D eigenvalue weighted by Crippen LogP contribution is -2.50. The van der Waals surface area contributed by atoms with E-state index < -0.39 is 6.36 Å². The van der Waals surface area contributed by atoms with Gasteiger partial charge in [0.25, 0.3) is 0 Å². The molecule has 8 heteroatoms. The monoisotopic (exact) mass is 402 g/mol. The number of methoxy groups -OCH3 is 1. The van der Waals surface area contributed by atoms with Gasteiger partial charge in [0, 0.05) is 35.9 Å². The molecule has 0 unspecified atom stereocenters. The fourth-order valence-electron chi connectivity index (χ4n) is 3.45. The molecule has 2 aromatic carbocycles. The maximum atomic E-state index is 12.7. The first-order valence-corrected chi connectivity index (χ1v) is 8.92. The van der Waals surface area contributed by atoms with Gasteiger partial charge in [-0.05, 0) is 35.9 Å². The largest absolute Gasteiger partial charge is 0.573 e. The quantitative estimate of drug-likeness (QED) is 0.605. The minimum atomic E-state index is -4.78. The number of anilines is 1. The first-order chi connectivity index (χ1) is 13.8. The second-order valence-corrected chi connectivity index (χ2v) is 6.77.